The number of carbonyl (C=O) groups is 1. The minimum absolute atomic E-state index is 0.0611. The highest BCUT2D eigenvalue weighted by atomic mass is 16.1. The van der Waals surface area contributed by atoms with E-state index >= 15 is 0 Å². The van der Waals surface area contributed by atoms with Crippen LogP contribution in [0.2, 0.25) is 0 Å². The second-order valence-corrected chi connectivity index (χ2v) is 3.79. The van der Waals surface area contributed by atoms with Gasteiger partial charge in [0.25, 0.3) is 0 Å². The van der Waals surface area contributed by atoms with Crippen molar-refractivity contribution in [2.75, 3.05) is 13.1 Å². The summed E-state index contributed by atoms with van der Waals surface area (Å²) in [6.45, 7) is 0.696. The van der Waals surface area contributed by atoms with Crippen LogP contribution in [-0.4, -0.2) is 18.9 Å². The summed E-state index contributed by atoms with van der Waals surface area (Å²) in [5.41, 5.74) is 0.716. The van der Waals surface area contributed by atoms with Crippen molar-refractivity contribution in [3.63, 3.8) is 0 Å². The van der Waals surface area contributed by atoms with Crippen molar-refractivity contribution in [3.8, 4) is 12.3 Å². The van der Waals surface area contributed by atoms with Gasteiger partial charge >= 0.3 is 0 Å². The highest BCUT2D eigenvalue weighted by Gasteiger charge is 2.05. The van der Waals surface area contributed by atoms with Gasteiger partial charge in [-0.05, 0) is 16.8 Å². The fourth-order valence-electron chi connectivity index (χ4n) is 1.71. The normalized spacial score (nSPS) is 10.1. The molecular weight excluding hydrogens is 210 g/mol. The van der Waals surface area contributed by atoms with E-state index in [0.29, 0.717) is 12.1 Å². The lowest BCUT2D eigenvalue weighted by atomic mass is 10.0. The zero-order chi connectivity index (χ0) is 12.1. The van der Waals surface area contributed by atoms with Gasteiger partial charge in [-0.1, -0.05) is 42.3 Å². The third-order valence-corrected chi connectivity index (χ3v) is 2.58. The Morgan fingerprint density at radius 2 is 1.94 bits per heavy atom. The number of nitrogens with one attached hydrogen (secondary N) is 1. The first-order valence-corrected chi connectivity index (χ1v) is 5.47. The zero-order valence-corrected chi connectivity index (χ0v) is 9.44. The Balaban J connectivity index is 2.19. The third kappa shape index (κ3) is 2.72. The molecule has 0 bridgehead atoms. The Bertz CT molecular complexity index is 581. The van der Waals surface area contributed by atoms with Crippen LogP contribution in [0.25, 0.3) is 10.8 Å². The number of fused-ring (bicyclic) bond motifs is 1. The number of hydrogen-bond donors (Lipinski definition) is 1. The lowest BCUT2D eigenvalue weighted by Crippen LogP contribution is -2.23. The number of hydrogen-bond acceptors (Lipinski definition) is 2. The van der Waals surface area contributed by atoms with Gasteiger partial charge < -0.3 is 0 Å². The van der Waals surface area contributed by atoms with Crippen LogP contribution in [0.15, 0.2) is 42.5 Å². The first kappa shape index (κ1) is 11.4. The maximum Gasteiger partial charge on any atom is 0.176 e. The number of terminal acetylenes is 1. The Labute approximate surface area is 101 Å². The maximum absolute atomic E-state index is 11.8. The van der Waals surface area contributed by atoms with Gasteiger partial charge in [0.15, 0.2) is 5.78 Å². The van der Waals surface area contributed by atoms with E-state index in [4.69, 9.17) is 6.42 Å². The average Bonchev–Trinajstić information content (AvgIpc) is 2.38. The molecular formula is C15H13NO. The average molecular weight is 223 g/mol. The Morgan fingerprint density at radius 3 is 2.71 bits per heavy atom. The molecule has 2 nitrogen and oxygen atoms in total. The molecule has 84 valence electrons. The van der Waals surface area contributed by atoms with E-state index in [2.05, 4.69) is 11.2 Å². The third-order valence-electron chi connectivity index (χ3n) is 2.58. The lowest BCUT2D eigenvalue weighted by molar-refractivity contribution is 0.0992. The van der Waals surface area contributed by atoms with Gasteiger partial charge in [-0.2, -0.15) is 0 Å². The van der Waals surface area contributed by atoms with E-state index < -0.39 is 0 Å². The van der Waals surface area contributed by atoms with Crippen molar-refractivity contribution in [1.29, 1.82) is 0 Å². The molecule has 0 saturated heterocycles. The molecule has 0 amide bonds. The molecule has 0 heterocycles. The molecule has 2 aromatic carbocycles. The molecule has 1 N–H and O–H groups in total. The molecule has 0 fully saturated rings. The summed E-state index contributed by atoms with van der Waals surface area (Å²) in [7, 11) is 0. The summed E-state index contributed by atoms with van der Waals surface area (Å²) in [6.07, 6.45) is 5.10. The van der Waals surface area contributed by atoms with Crippen LogP contribution < -0.4 is 5.32 Å². The van der Waals surface area contributed by atoms with E-state index in [-0.39, 0.29) is 12.3 Å². The first-order chi connectivity index (χ1) is 8.31. The predicted molar refractivity (Wildman–Crippen MR) is 70.0 cm³/mol. The quantitative estimate of drug-likeness (QED) is 0.489. The van der Waals surface area contributed by atoms with E-state index in [0.717, 1.165) is 10.8 Å². The van der Waals surface area contributed by atoms with Crippen LogP contribution in [0.5, 0.6) is 0 Å². The Hall–Kier alpha value is -2.11. The second-order valence-electron chi connectivity index (χ2n) is 3.79. The van der Waals surface area contributed by atoms with Gasteiger partial charge in [0.1, 0.15) is 0 Å². The van der Waals surface area contributed by atoms with Gasteiger partial charge in [0, 0.05) is 5.56 Å². The lowest BCUT2D eigenvalue weighted by Gasteiger charge is -2.03. The van der Waals surface area contributed by atoms with Crippen LogP contribution >= 0.6 is 0 Å². The first-order valence-electron chi connectivity index (χ1n) is 5.47. The molecule has 0 aliphatic carbocycles. The van der Waals surface area contributed by atoms with Crippen molar-refractivity contribution in [3.05, 3.63) is 48.0 Å². The monoisotopic (exact) mass is 223 g/mol. The number of carbonyl (C=O) groups excluding carboxylic acids is 1. The smallest absolute Gasteiger partial charge is 0.176 e. The second kappa shape index (κ2) is 5.29. The Kier molecular flexibility index (Phi) is 3.54. The van der Waals surface area contributed by atoms with Crippen molar-refractivity contribution in [2.24, 2.45) is 0 Å². The Morgan fingerprint density at radius 1 is 1.18 bits per heavy atom. The molecule has 0 aromatic heterocycles. The molecule has 0 spiro atoms. The van der Waals surface area contributed by atoms with Crippen molar-refractivity contribution in [2.45, 2.75) is 0 Å². The van der Waals surface area contributed by atoms with Crippen molar-refractivity contribution < 1.29 is 4.79 Å². The summed E-state index contributed by atoms with van der Waals surface area (Å²) >= 11 is 0. The predicted octanol–water partition coefficient (Wildman–Crippen LogP) is 2.25. The number of Topliss-reactive ketones (excluding diaryl/α,β-unsaturated/α-hetero) is 1. The molecule has 2 heteroatoms. The fraction of sp³-hybridized carbons (Fsp3) is 0.133. The standard InChI is InChI=1S/C15H13NO/c1-2-9-16-11-15(17)14-8-7-12-5-3-4-6-13(12)10-14/h1,3-8,10,16H,9,11H2. The summed E-state index contributed by atoms with van der Waals surface area (Å²) < 4.78 is 0. The summed E-state index contributed by atoms with van der Waals surface area (Å²) in [5, 5.41) is 5.11. The SMILES string of the molecule is C#CCNCC(=O)c1ccc2ccccc2c1. The number of benzene rings is 2. The van der Waals surface area contributed by atoms with Gasteiger partial charge in [0.2, 0.25) is 0 Å². The number of ketones is 1. The topological polar surface area (TPSA) is 29.1 Å². The molecule has 0 aliphatic heterocycles. The van der Waals surface area contributed by atoms with Gasteiger partial charge in [-0.25, -0.2) is 0 Å². The van der Waals surface area contributed by atoms with Crippen LogP contribution in [0.3, 0.4) is 0 Å². The van der Waals surface area contributed by atoms with Crippen LogP contribution in [0.4, 0.5) is 0 Å². The molecule has 0 aliphatic rings. The molecule has 17 heavy (non-hydrogen) atoms. The van der Waals surface area contributed by atoms with Crippen LogP contribution in [0.1, 0.15) is 10.4 Å². The van der Waals surface area contributed by atoms with Crippen LogP contribution in [-0.2, 0) is 0 Å². The largest absolute Gasteiger partial charge is 0.299 e. The van der Waals surface area contributed by atoms with Gasteiger partial charge in [0.05, 0.1) is 13.1 Å². The molecule has 2 rings (SSSR count). The maximum atomic E-state index is 11.8. The molecule has 0 saturated carbocycles. The fourth-order valence-corrected chi connectivity index (χ4v) is 1.71. The molecule has 0 unspecified atom stereocenters. The summed E-state index contributed by atoms with van der Waals surface area (Å²) in [4.78, 5) is 11.8. The van der Waals surface area contributed by atoms with Gasteiger partial charge in [-0.15, -0.1) is 6.42 Å². The van der Waals surface area contributed by atoms with Crippen molar-refractivity contribution in [1.82, 2.24) is 5.32 Å². The summed E-state index contributed by atoms with van der Waals surface area (Å²) in [6, 6.07) is 13.7. The van der Waals surface area contributed by atoms with E-state index in [1.807, 2.05) is 42.5 Å². The van der Waals surface area contributed by atoms with E-state index in [1.54, 1.807) is 0 Å². The number of rotatable bonds is 4. The van der Waals surface area contributed by atoms with Crippen LogP contribution in [0, 0.1) is 12.3 Å². The minimum atomic E-state index is 0.0611. The molecule has 0 atom stereocenters. The molecule has 2 aromatic rings. The molecule has 0 radical (unpaired) electrons. The summed E-state index contributed by atoms with van der Waals surface area (Å²) in [5.74, 6) is 2.50. The van der Waals surface area contributed by atoms with E-state index in [9.17, 15) is 4.79 Å². The van der Waals surface area contributed by atoms with E-state index in [1.165, 1.54) is 0 Å². The van der Waals surface area contributed by atoms with Crippen molar-refractivity contribution >= 4 is 16.6 Å². The van der Waals surface area contributed by atoms with Gasteiger partial charge in [-0.3, -0.25) is 10.1 Å². The highest BCUT2D eigenvalue weighted by Crippen LogP contribution is 2.15. The minimum Gasteiger partial charge on any atom is -0.299 e. The zero-order valence-electron chi connectivity index (χ0n) is 9.44. The highest BCUT2D eigenvalue weighted by molar-refractivity contribution is 6.01.